The van der Waals surface area contributed by atoms with Crippen molar-refractivity contribution in [2.24, 2.45) is 0 Å². The second kappa shape index (κ2) is 7.02. The molecule has 0 unspecified atom stereocenters. The molecule has 3 aromatic rings. The van der Waals surface area contributed by atoms with Crippen LogP contribution in [0.3, 0.4) is 0 Å². The van der Waals surface area contributed by atoms with E-state index in [1.165, 1.54) is 59.3 Å². The van der Waals surface area contributed by atoms with E-state index >= 15 is 0 Å². The Morgan fingerprint density at radius 3 is 2.52 bits per heavy atom. The Morgan fingerprint density at radius 2 is 1.85 bits per heavy atom. The van der Waals surface area contributed by atoms with Crippen molar-refractivity contribution < 1.29 is 4.79 Å². The third kappa shape index (κ3) is 3.27. The van der Waals surface area contributed by atoms with Crippen molar-refractivity contribution in [3.8, 4) is 11.3 Å². The van der Waals surface area contributed by atoms with Crippen LogP contribution in [-0.2, 0) is 0 Å². The number of nitrogens with one attached hydrogen (secondary N) is 1. The van der Waals surface area contributed by atoms with Gasteiger partial charge < -0.3 is 4.90 Å². The molecule has 0 spiro atoms. The number of fused-ring (bicyclic) bond motifs is 1. The number of hydrogen-bond donors (Lipinski definition) is 1. The Morgan fingerprint density at radius 1 is 1.15 bits per heavy atom. The van der Waals surface area contributed by atoms with Crippen LogP contribution in [0.1, 0.15) is 53.9 Å². The third-order valence-electron chi connectivity index (χ3n) is 5.42. The fraction of sp³-hybridized carbons (Fsp3) is 0.381. The highest BCUT2D eigenvalue weighted by Gasteiger charge is 2.18. The summed E-state index contributed by atoms with van der Waals surface area (Å²) in [6.45, 7) is 0. The summed E-state index contributed by atoms with van der Waals surface area (Å²) < 4.78 is 1.30. The molecule has 2 heterocycles. The van der Waals surface area contributed by atoms with Gasteiger partial charge in [-0.05, 0) is 24.3 Å². The molecule has 1 aromatic carbocycles. The molecule has 1 amide bonds. The molecule has 140 valence electrons. The molecule has 0 bridgehead atoms. The molecule has 1 fully saturated rings. The van der Waals surface area contributed by atoms with E-state index in [1.54, 1.807) is 14.1 Å². The lowest BCUT2D eigenvalue weighted by Crippen LogP contribution is -2.22. The number of carbonyl (C=O) groups is 1. The Bertz CT molecular complexity index is 1020. The first kappa shape index (κ1) is 17.5. The summed E-state index contributed by atoms with van der Waals surface area (Å²) in [5.41, 5.74) is 3.34. The van der Waals surface area contributed by atoms with Crippen molar-refractivity contribution in [3.05, 3.63) is 58.0 Å². The van der Waals surface area contributed by atoms with Gasteiger partial charge in [-0.25, -0.2) is 9.50 Å². The number of H-pyrrole nitrogens is 1. The Balaban J connectivity index is 1.72. The van der Waals surface area contributed by atoms with Crippen LogP contribution < -0.4 is 5.56 Å². The lowest BCUT2D eigenvalue weighted by atomic mass is 9.84. The number of rotatable bonds is 3. The maximum absolute atomic E-state index is 12.5. The molecule has 0 atom stereocenters. The number of aromatic nitrogens is 3. The maximum atomic E-state index is 12.5. The van der Waals surface area contributed by atoms with Crippen molar-refractivity contribution in [2.75, 3.05) is 14.1 Å². The van der Waals surface area contributed by atoms with Gasteiger partial charge in [-0.2, -0.15) is 0 Å². The highest BCUT2D eigenvalue weighted by molar-refractivity contribution is 5.99. The minimum absolute atomic E-state index is 0.189. The van der Waals surface area contributed by atoms with E-state index in [-0.39, 0.29) is 11.5 Å². The first-order chi connectivity index (χ1) is 13.0. The summed E-state index contributed by atoms with van der Waals surface area (Å²) in [5, 5.41) is 2.82. The van der Waals surface area contributed by atoms with Crippen LogP contribution in [0.2, 0.25) is 0 Å². The van der Waals surface area contributed by atoms with Gasteiger partial charge in [-0.1, -0.05) is 43.5 Å². The Hall–Kier alpha value is -2.89. The molecule has 0 saturated heterocycles. The summed E-state index contributed by atoms with van der Waals surface area (Å²) in [6, 6.07) is 9.86. The topological polar surface area (TPSA) is 70.5 Å². The van der Waals surface area contributed by atoms with Crippen LogP contribution in [-0.4, -0.2) is 39.5 Å². The average Bonchev–Trinajstić information content (AvgIpc) is 3.12. The molecule has 6 heteroatoms. The molecule has 2 aromatic heterocycles. The summed E-state index contributed by atoms with van der Waals surface area (Å²) >= 11 is 0. The molecule has 4 rings (SSSR count). The summed E-state index contributed by atoms with van der Waals surface area (Å²) in [4.78, 5) is 30.9. The average molecular weight is 364 g/mol. The van der Waals surface area contributed by atoms with Gasteiger partial charge in [0.1, 0.15) is 5.56 Å². The van der Waals surface area contributed by atoms with Gasteiger partial charge >= 0.3 is 0 Å². The van der Waals surface area contributed by atoms with E-state index in [4.69, 9.17) is 0 Å². The van der Waals surface area contributed by atoms with Crippen molar-refractivity contribution in [3.63, 3.8) is 0 Å². The quantitative estimate of drug-likeness (QED) is 0.774. The highest BCUT2D eigenvalue weighted by Crippen LogP contribution is 2.33. The third-order valence-corrected chi connectivity index (χ3v) is 5.42. The summed E-state index contributed by atoms with van der Waals surface area (Å²) in [5.74, 6) is 0.452. The zero-order valence-corrected chi connectivity index (χ0v) is 15.7. The first-order valence-corrected chi connectivity index (χ1v) is 9.48. The van der Waals surface area contributed by atoms with E-state index in [9.17, 15) is 9.59 Å². The number of nitrogens with zero attached hydrogens (tertiary/aromatic N) is 3. The fourth-order valence-corrected chi connectivity index (χ4v) is 3.89. The molecule has 1 N–H and O–H groups in total. The van der Waals surface area contributed by atoms with Gasteiger partial charge in [0.15, 0.2) is 5.65 Å². The van der Waals surface area contributed by atoms with Gasteiger partial charge in [0.05, 0.1) is 5.69 Å². The lowest BCUT2D eigenvalue weighted by molar-refractivity contribution is 0.0829. The van der Waals surface area contributed by atoms with Gasteiger partial charge in [0.2, 0.25) is 0 Å². The zero-order chi connectivity index (χ0) is 19.0. The van der Waals surface area contributed by atoms with Gasteiger partial charge in [-0.3, -0.25) is 14.7 Å². The molecule has 6 nitrogen and oxygen atoms in total. The van der Waals surface area contributed by atoms with Crippen LogP contribution in [0.5, 0.6) is 0 Å². The van der Waals surface area contributed by atoms with Crippen molar-refractivity contribution in [1.29, 1.82) is 0 Å². The normalized spacial score (nSPS) is 15.2. The number of aromatic amines is 1. The van der Waals surface area contributed by atoms with E-state index in [1.807, 2.05) is 12.1 Å². The number of carbonyl (C=O) groups excluding carboxylic acids is 1. The molecule has 0 radical (unpaired) electrons. The Labute approximate surface area is 157 Å². The summed E-state index contributed by atoms with van der Waals surface area (Å²) in [7, 11) is 3.36. The highest BCUT2D eigenvalue weighted by atomic mass is 16.2. The first-order valence-electron chi connectivity index (χ1n) is 9.48. The SMILES string of the molecule is CN(C)C(=O)c1c[nH]n2c(=O)cc(-c3ccc(C4CCCCC4)cc3)nc12. The van der Waals surface area contributed by atoms with E-state index in [0.29, 0.717) is 22.8 Å². The van der Waals surface area contributed by atoms with Crippen LogP contribution in [0.4, 0.5) is 0 Å². The van der Waals surface area contributed by atoms with Gasteiger partial charge in [0.25, 0.3) is 11.5 Å². The van der Waals surface area contributed by atoms with Crippen LogP contribution in [0.25, 0.3) is 16.9 Å². The van der Waals surface area contributed by atoms with Crippen molar-refractivity contribution in [2.45, 2.75) is 38.0 Å². The zero-order valence-electron chi connectivity index (χ0n) is 15.7. The standard InChI is InChI=1S/C21H24N4O2/c1-24(2)21(27)17-13-22-25-19(26)12-18(23-20(17)25)16-10-8-15(9-11-16)14-6-4-3-5-7-14/h8-14,22H,3-7H2,1-2H3. The molecule has 1 saturated carbocycles. The lowest BCUT2D eigenvalue weighted by Gasteiger charge is -2.22. The van der Waals surface area contributed by atoms with Gasteiger partial charge in [-0.15, -0.1) is 0 Å². The predicted molar refractivity (Wildman–Crippen MR) is 105 cm³/mol. The van der Waals surface area contributed by atoms with Crippen LogP contribution in [0.15, 0.2) is 41.3 Å². The van der Waals surface area contributed by atoms with E-state index in [0.717, 1.165) is 5.56 Å². The monoisotopic (exact) mass is 364 g/mol. The van der Waals surface area contributed by atoms with E-state index < -0.39 is 0 Å². The van der Waals surface area contributed by atoms with Crippen molar-refractivity contribution >= 4 is 11.6 Å². The predicted octanol–water partition coefficient (Wildman–Crippen LogP) is 3.44. The number of benzene rings is 1. The number of amides is 1. The fourth-order valence-electron chi connectivity index (χ4n) is 3.89. The molecular formula is C21H24N4O2. The minimum Gasteiger partial charge on any atom is -0.345 e. The van der Waals surface area contributed by atoms with Crippen LogP contribution >= 0.6 is 0 Å². The summed E-state index contributed by atoms with van der Waals surface area (Å²) in [6.07, 6.45) is 7.98. The number of hydrogen-bond acceptors (Lipinski definition) is 3. The second-order valence-corrected chi connectivity index (χ2v) is 7.48. The molecule has 27 heavy (non-hydrogen) atoms. The van der Waals surface area contributed by atoms with Crippen molar-refractivity contribution in [1.82, 2.24) is 19.5 Å². The van der Waals surface area contributed by atoms with E-state index in [2.05, 4.69) is 22.2 Å². The minimum atomic E-state index is -0.232. The maximum Gasteiger partial charge on any atom is 0.273 e. The van der Waals surface area contributed by atoms with Gasteiger partial charge in [0, 0.05) is 31.9 Å². The molecule has 1 aliphatic rings. The van der Waals surface area contributed by atoms with Crippen LogP contribution in [0, 0.1) is 0 Å². The largest absolute Gasteiger partial charge is 0.345 e. The molecule has 1 aliphatic carbocycles. The molecule has 0 aliphatic heterocycles. The second-order valence-electron chi connectivity index (χ2n) is 7.48. The molecular weight excluding hydrogens is 340 g/mol. The Kier molecular flexibility index (Phi) is 4.56. The smallest absolute Gasteiger partial charge is 0.273 e.